The van der Waals surface area contributed by atoms with E-state index in [9.17, 15) is 29.1 Å². The van der Waals surface area contributed by atoms with E-state index in [1.165, 1.54) is 56.6 Å². The molecule has 3 aliphatic rings. The van der Waals surface area contributed by atoms with E-state index in [4.69, 9.17) is 28.4 Å². The van der Waals surface area contributed by atoms with Crippen molar-refractivity contribution in [2.24, 2.45) is 11.3 Å². The average molecular weight is 742 g/mol. The van der Waals surface area contributed by atoms with Crippen LogP contribution < -0.4 is 0 Å². The highest BCUT2D eigenvalue weighted by Crippen LogP contribution is 2.69. The molecule has 3 aromatic rings. The number of rotatable bonds is 9. The second-order valence-electron chi connectivity index (χ2n) is 14.7. The van der Waals surface area contributed by atoms with Crippen LogP contribution in [0.5, 0.6) is 0 Å². The second kappa shape index (κ2) is 14.4. The van der Waals surface area contributed by atoms with Crippen LogP contribution in [0.4, 0.5) is 0 Å². The van der Waals surface area contributed by atoms with Crippen molar-refractivity contribution in [1.29, 1.82) is 0 Å². The molecule has 13 nitrogen and oxygen atoms in total. The highest BCUT2D eigenvalue weighted by Gasteiger charge is 2.87. The molecule has 0 amide bonds. The summed E-state index contributed by atoms with van der Waals surface area (Å²) in [5.74, 6) is -4.90. The molecule has 1 N–H and O–H groups in total. The highest BCUT2D eigenvalue weighted by atomic mass is 16.7. The van der Waals surface area contributed by atoms with Gasteiger partial charge in [0.25, 0.3) is 0 Å². The van der Waals surface area contributed by atoms with E-state index in [1.807, 2.05) is 18.2 Å². The number of hydrogen-bond acceptors (Lipinski definition) is 13. The molecule has 6 rings (SSSR count). The zero-order valence-electron chi connectivity index (χ0n) is 30.8. The fourth-order valence-corrected chi connectivity index (χ4v) is 8.63. The molecule has 2 heterocycles. The van der Waals surface area contributed by atoms with Crippen molar-refractivity contribution < 1.29 is 57.5 Å². The Kier molecular flexibility index (Phi) is 10.3. The van der Waals surface area contributed by atoms with Gasteiger partial charge in [-0.25, -0.2) is 14.4 Å². The molecular formula is C41H43NO12. The first-order chi connectivity index (χ1) is 25.5. The Balaban J connectivity index is 1.58. The molecule has 54 heavy (non-hydrogen) atoms. The Hall–Kier alpha value is -5.40. The summed E-state index contributed by atoms with van der Waals surface area (Å²) in [5, 5.41) is 13.1. The lowest BCUT2D eigenvalue weighted by Gasteiger charge is -2.66. The molecule has 2 bridgehead atoms. The van der Waals surface area contributed by atoms with Gasteiger partial charge in [0.05, 0.1) is 22.1 Å². The van der Waals surface area contributed by atoms with Crippen LogP contribution in [0.3, 0.4) is 0 Å². The lowest BCUT2D eigenvalue weighted by Crippen LogP contribution is -2.86. The Morgan fingerprint density at radius 1 is 0.741 bits per heavy atom. The van der Waals surface area contributed by atoms with Gasteiger partial charge in [-0.05, 0) is 70.0 Å². The van der Waals surface area contributed by atoms with Crippen LogP contribution in [-0.2, 0) is 42.8 Å². The van der Waals surface area contributed by atoms with E-state index in [2.05, 4.69) is 4.98 Å². The summed E-state index contributed by atoms with van der Waals surface area (Å²) in [6.07, 6.45) is -2.21. The molecule has 9 atom stereocenters. The number of ether oxygens (including phenoxy) is 6. The fraction of sp³-hybridized carbons (Fsp3) is 0.415. The van der Waals surface area contributed by atoms with Crippen LogP contribution in [0.25, 0.3) is 6.08 Å². The third-order valence-corrected chi connectivity index (χ3v) is 11.0. The number of carbonyl (C=O) groups excluding carboxylic acids is 5. The molecular weight excluding hydrogens is 698 g/mol. The molecule has 2 saturated carbocycles. The first-order valence-corrected chi connectivity index (χ1v) is 17.6. The molecule has 284 valence electrons. The van der Waals surface area contributed by atoms with E-state index in [1.54, 1.807) is 57.2 Å². The molecule has 0 unspecified atom stereocenters. The Morgan fingerprint density at radius 3 is 1.94 bits per heavy atom. The number of benzene rings is 2. The van der Waals surface area contributed by atoms with Gasteiger partial charge in [0.2, 0.25) is 0 Å². The molecule has 13 heteroatoms. The van der Waals surface area contributed by atoms with Crippen molar-refractivity contribution in [2.75, 3.05) is 0 Å². The maximum absolute atomic E-state index is 14.1. The van der Waals surface area contributed by atoms with Crippen molar-refractivity contribution in [2.45, 2.75) is 95.3 Å². The number of aromatic nitrogens is 1. The van der Waals surface area contributed by atoms with Gasteiger partial charge in [0.1, 0.15) is 17.8 Å². The zero-order valence-corrected chi connectivity index (χ0v) is 30.8. The van der Waals surface area contributed by atoms with Crippen molar-refractivity contribution in [3.63, 3.8) is 0 Å². The number of hydrogen-bond donors (Lipinski definition) is 1. The molecule has 1 aliphatic heterocycles. The van der Waals surface area contributed by atoms with Crippen LogP contribution in [0.2, 0.25) is 0 Å². The minimum atomic E-state index is -2.41. The van der Waals surface area contributed by atoms with Gasteiger partial charge in [-0.15, -0.1) is 0 Å². The third-order valence-electron chi connectivity index (χ3n) is 11.0. The molecule has 1 saturated heterocycles. The zero-order chi connectivity index (χ0) is 39.1. The summed E-state index contributed by atoms with van der Waals surface area (Å²) in [5.41, 5.74) is -6.78. The third kappa shape index (κ3) is 6.55. The molecule has 2 aromatic carbocycles. The minimum Gasteiger partial charge on any atom is -0.459 e. The lowest BCUT2D eigenvalue weighted by atomic mass is 9.46. The predicted octanol–water partition coefficient (Wildman–Crippen LogP) is 4.66. The Labute approximate surface area is 312 Å². The van der Waals surface area contributed by atoms with E-state index in [-0.39, 0.29) is 17.5 Å². The standard InChI is InChI=1S/C41H43NO12/c1-24(43)49-32-34(52-36(46)27-16-11-8-12-17-27)39(5)30(51-31(45)20-19-26-14-9-7-10-15-26)22-29-33(50-25(2)44)41(39,54-38(29,3)4)40(6,48)35(32)53-37(47)28-18-13-21-42-23-28/h7-21,23,29-30,32-35,48H,22H2,1-6H3/b20-19+/t29-,30+,32+,33-,34+,35+,39-,40-,41-/m1/s1. The van der Waals surface area contributed by atoms with Crippen molar-refractivity contribution in [3.05, 3.63) is 108 Å². The van der Waals surface area contributed by atoms with Crippen molar-refractivity contribution in [3.8, 4) is 0 Å². The maximum atomic E-state index is 14.1. The number of nitrogens with zero attached hydrogens (tertiary/aromatic N) is 1. The van der Waals surface area contributed by atoms with Gasteiger partial charge in [0.15, 0.2) is 23.9 Å². The fourth-order valence-electron chi connectivity index (χ4n) is 8.63. The SMILES string of the molecule is CC(=O)O[C@H]1[C@H](OC(=O)c2ccccc2)[C@@]2(C)[C@@H](OC(=O)/C=C/c3ccccc3)C[C@@H]3[C@@H](OC(C)=O)[C@]2(OC3(C)C)[C@](C)(O)[C@H]1OC(=O)c1cccnc1. The summed E-state index contributed by atoms with van der Waals surface area (Å²) < 4.78 is 37.5. The quantitative estimate of drug-likeness (QED) is 0.182. The van der Waals surface area contributed by atoms with Gasteiger partial charge in [0, 0.05) is 38.2 Å². The number of esters is 5. The van der Waals surface area contributed by atoms with Crippen LogP contribution in [-0.4, -0.2) is 87.3 Å². The first kappa shape index (κ1) is 38.3. The minimum absolute atomic E-state index is 0.00118. The normalized spacial score (nSPS) is 32.1. The maximum Gasteiger partial charge on any atom is 0.340 e. The van der Waals surface area contributed by atoms with Gasteiger partial charge < -0.3 is 33.5 Å². The molecule has 0 radical (unpaired) electrons. The smallest absolute Gasteiger partial charge is 0.340 e. The lowest BCUT2D eigenvalue weighted by molar-refractivity contribution is -0.367. The van der Waals surface area contributed by atoms with Gasteiger partial charge in [-0.1, -0.05) is 48.5 Å². The number of carbonyl (C=O) groups is 5. The Morgan fingerprint density at radius 2 is 1.33 bits per heavy atom. The molecule has 1 spiro atoms. The van der Waals surface area contributed by atoms with Crippen LogP contribution in [0, 0.1) is 11.3 Å². The van der Waals surface area contributed by atoms with Crippen LogP contribution >= 0.6 is 0 Å². The number of pyridine rings is 1. The second-order valence-corrected chi connectivity index (χ2v) is 14.7. The van der Waals surface area contributed by atoms with Gasteiger partial charge in [-0.3, -0.25) is 14.6 Å². The predicted molar refractivity (Wildman–Crippen MR) is 190 cm³/mol. The summed E-state index contributed by atoms with van der Waals surface area (Å²) >= 11 is 0. The van der Waals surface area contributed by atoms with E-state index in [0.717, 1.165) is 12.5 Å². The monoisotopic (exact) mass is 741 g/mol. The van der Waals surface area contributed by atoms with Crippen LogP contribution in [0.15, 0.2) is 91.3 Å². The molecule has 2 aliphatic carbocycles. The summed E-state index contributed by atoms with van der Waals surface area (Å²) in [6.45, 7) is 8.65. The topological polar surface area (TPSA) is 174 Å². The average Bonchev–Trinajstić information content (AvgIpc) is 3.32. The highest BCUT2D eigenvalue weighted by molar-refractivity contribution is 5.90. The van der Waals surface area contributed by atoms with E-state index >= 15 is 0 Å². The Bertz CT molecular complexity index is 1930. The number of fused-ring (bicyclic) bond motifs is 1. The van der Waals surface area contributed by atoms with E-state index in [0.29, 0.717) is 0 Å². The summed E-state index contributed by atoms with van der Waals surface area (Å²) in [6, 6.07) is 20.0. The molecule has 3 fully saturated rings. The first-order valence-electron chi connectivity index (χ1n) is 17.6. The molecule has 1 aromatic heterocycles. The van der Waals surface area contributed by atoms with E-state index < -0.39 is 88.5 Å². The van der Waals surface area contributed by atoms with Gasteiger partial charge in [-0.2, -0.15) is 0 Å². The van der Waals surface area contributed by atoms with Crippen LogP contribution in [0.1, 0.15) is 74.2 Å². The summed E-state index contributed by atoms with van der Waals surface area (Å²) in [7, 11) is 0. The summed E-state index contributed by atoms with van der Waals surface area (Å²) in [4.78, 5) is 71.4. The van der Waals surface area contributed by atoms with Crippen molar-refractivity contribution in [1.82, 2.24) is 4.98 Å². The van der Waals surface area contributed by atoms with Gasteiger partial charge >= 0.3 is 29.8 Å². The van der Waals surface area contributed by atoms with Crippen molar-refractivity contribution >= 4 is 35.9 Å². The largest absolute Gasteiger partial charge is 0.459 e. The number of aliphatic hydroxyl groups is 1.